The van der Waals surface area contributed by atoms with Crippen LogP contribution in [-0.4, -0.2) is 353 Å². The Hall–Kier alpha value is -13.6. The Labute approximate surface area is 820 Å². The van der Waals surface area contributed by atoms with Crippen molar-refractivity contribution in [1.29, 1.82) is 37.9 Å². The number of guanidine groups is 7. The molecule has 6 fully saturated rings. The van der Waals surface area contributed by atoms with Crippen LogP contribution < -0.4 is 131 Å². The molecule has 6 rings (SSSR count). The van der Waals surface area contributed by atoms with Crippen LogP contribution in [0.5, 0.6) is 0 Å². The SMILES string of the molecule is CC[C@H](C)[C@H](NC(=O)[C@H](CCCNC(=N)N)NC(=O)[C@@H](N)CCCNC(=N)N)C(=O)N[C@@H](CCCNC(=N)N)C(=O)N1CCC[C@H]1C(=O)N[C@@H](CCCNC(=N)N)C(=O)N1CCC[C@H]1C(=O)N1CCC[C@H]1C(=O)N[C@@H](CCCNC(=N)N)C(=O)N[C@@H](CC(C)C)C(=O)N1CCC[C@H]1C(=O)N[C@@H](C)C(=O)N1CCC[C@H]1C(=O)N[C@@H](CCCNC(=N)N)C(=O)N1CCC[C@H]1C(=O)N[C@@H](CCCNC(=N)N)C(=O)O. The molecule has 0 bridgehead atoms. The number of carbonyl (C=O) groups excluding carboxylic acids is 15. The van der Waals surface area contributed by atoms with Gasteiger partial charge in [0.1, 0.15) is 90.6 Å². The summed E-state index contributed by atoms with van der Waals surface area (Å²) in [6, 6.07) is -20.0. The quantitative estimate of drug-likeness (QED) is 0.0153. The van der Waals surface area contributed by atoms with Crippen LogP contribution in [0.1, 0.15) is 214 Å². The second-order valence-corrected chi connectivity index (χ2v) is 37.1. The summed E-state index contributed by atoms with van der Waals surface area (Å²) >= 11 is 0. The first-order valence-electron chi connectivity index (χ1n) is 49.0. The van der Waals surface area contributed by atoms with E-state index in [1.54, 1.807) is 13.8 Å². The third kappa shape index (κ3) is 37.2. The third-order valence-corrected chi connectivity index (χ3v) is 25.8. The van der Waals surface area contributed by atoms with Crippen LogP contribution in [0.3, 0.4) is 0 Å². The number of amides is 15. The minimum atomic E-state index is -1.39. The zero-order chi connectivity index (χ0) is 104. The largest absolute Gasteiger partial charge is 0.480 e. The van der Waals surface area contributed by atoms with E-state index in [1.807, 2.05) is 13.8 Å². The van der Waals surface area contributed by atoms with Gasteiger partial charge in [0.05, 0.1) is 6.04 Å². The highest BCUT2D eigenvalue weighted by Crippen LogP contribution is 2.30. The van der Waals surface area contributed by atoms with Crippen molar-refractivity contribution in [1.82, 2.24) is 114 Å². The van der Waals surface area contributed by atoms with Crippen LogP contribution in [-0.2, 0) is 76.7 Å². The first-order valence-corrected chi connectivity index (χ1v) is 49.0. The number of nitrogens with two attached hydrogens (primary N) is 8. The van der Waals surface area contributed by atoms with Gasteiger partial charge in [-0.15, -0.1) is 0 Å². The lowest BCUT2D eigenvalue weighted by Crippen LogP contribution is -2.61. The summed E-state index contributed by atoms with van der Waals surface area (Å²) in [5, 5.41) is 107. The number of hydrogen-bond donors (Lipinski definition) is 32. The zero-order valence-electron chi connectivity index (χ0n) is 81.7. The van der Waals surface area contributed by atoms with E-state index in [0.717, 1.165) is 0 Å². The molecule has 17 atom stereocenters. The van der Waals surface area contributed by atoms with Crippen LogP contribution in [0.25, 0.3) is 0 Å². The van der Waals surface area contributed by atoms with Gasteiger partial charge in [-0.1, -0.05) is 34.1 Å². The van der Waals surface area contributed by atoms with Crippen LogP contribution in [0.4, 0.5) is 0 Å². The number of carboxylic acids is 1. The molecular weight excluding hydrogens is 1840 g/mol. The fraction of sp³-hybridized carbons (Fsp3) is 0.736. The van der Waals surface area contributed by atoms with Crippen molar-refractivity contribution < 1.29 is 81.8 Å². The fourth-order valence-corrected chi connectivity index (χ4v) is 18.4. The van der Waals surface area contributed by atoms with Crippen molar-refractivity contribution in [2.24, 2.45) is 57.7 Å². The Morgan fingerprint density at radius 2 is 0.560 bits per heavy atom. The second-order valence-electron chi connectivity index (χ2n) is 37.1. The van der Waals surface area contributed by atoms with Crippen molar-refractivity contribution in [2.75, 3.05) is 85.1 Å². The molecule has 6 aliphatic heterocycles. The molecule has 0 aromatic carbocycles. The average Bonchev–Trinajstić information content (AvgIpc) is 1.66. The number of aliphatic carboxylic acids is 1. The van der Waals surface area contributed by atoms with Crippen LogP contribution in [0, 0.1) is 49.7 Å². The lowest BCUT2D eigenvalue weighted by Gasteiger charge is -2.34. The standard InChI is InChI=1S/C87H155N37O17/c1-6-48(4)64(118-67(127)52(22-9-35-105-83(93)94)111-65(125)50(88)20-7-33-103-81(89)90)73(133)115-55(25-12-38-108-86(99)100)76(136)120-41-16-29-60(120)71(131)114-54(24-11-37-107-85(97)98)77(137)124-45-19-32-63(124)79(139)123-44-18-31-62(123)69(129)112-51(21-8-34-104-82(91)92)66(126)117-57(46-47(2)3)78(138)122-43-15-27-58(122)68(128)110-49(5)74(134)119-40-14-28-59(119)70(130)113-53(23-10-36-106-84(95)96)75(135)121-42-17-30-61(121)72(132)116-56(80(140)141)26-13-39-109-87(101)102/h47-64H,6-46,88H2,1-5H3,(H,110,128)(H,111,125)(H,112,129)(H,113,130)(H,114,131)(H,115,133)(H,116,132)(H,117,126)(H,118,127)(H,140,141)(H4,89,90,103)(H4,91,92,104)(H4,93,94,105)(H4,95,96,106)(H4,97,98,107)(H4,99,100,108)(H4,101,102,109)/t48-,49-,50-,51-,52-,53-,54-,55-,56-,57-,58-,59-,60-,61-,62-,63-,64-/m0/s1. The zero-order valence-corrected chi connectivity index (χ0v) is 81.7. The van der Waals surface area contributed by atoms with Gasteiger partial charge in [-0.2, -0.15) is 0 Å². The van der Waals surface area contributed by atoms with Gasteiger partial charge in [0.25, 0.3) is 0 Å². The molecule has 0 saturated carbocycles. The van der Waals surface area contributed by atoms with Crippen molar-refractivity contribution in [3.05, 3.63) is 0 Å². The maximum absolute atomic E-state index is 15.3. The molecule has 790 valence electrons. The Kier molecular flexibility index (Phi) is 48.1. The van der Waals surface area contributed by atoms with Gasteiger partial charge in [0.15, 0.2) is 41.7 Å². The molecule has 0 aromatic heterocycles. The summed E-state index contributed by atoms with van der Waals surface area (Å²) in [6.45, 7) is 9.71. The van der Waals surface area contributed by atoms with Gasteiger partial charge in [-0.25, -0.2) is 4.79 Å². The average molecular weight is 1990 g/mol. The highest BCUT2D eigenvalue weighted by molar-refractivity contribution is 6.02. The monoisotopic (exact) mass is 1990 g/mol. The van der Waals surface area contributed by atoms with E-state index in [9.17, 15) is 57.8 Å². The van der Waals surface area contributed by atoms with Crippen LogP contribution >= 0.6 is 0 Å². The number of hydrogen-bond acceptors (Lipinski definition) is 24. The Balaban J connectivity index is 1.15. The van der Waals surface area contributed by atoms with Crippen molar-refractivity contribution in [2.45, 2.75) is 311 Å². The van der Waals surface area contributed by atoms with E-state index < -0.39 is 197 Å². The lowest BCUT2D eigenvalue weighted by molar-refractivity contribution is -0.148. The Bertz CT molecular complexity index is 4390. The number of carbonyl (C=O) groups is 16. The van der Waals surface area contributed by atoms with Crippen molar-refractivity contribution >= 4 is 136 Å². The van der Waals surface area contributed by atoms with Gasteiger partial charge < -0.3 is 165 Å². The summed E-state index contributed by atoms with van der Waals surface area (Å²) in [5.74, 6) is -15.2. The molecule has 54 nitrogen and oxygen atoms in total. The molecule has 54 heteroatoms. The van der Waals surface area contributed by atoms with E-state index in [0.29, 0.717) is 51.4 Å². The molecule has 0 unspecified atom stereocenters. The van der Waals surface area contributed by atoms with E-state index in [1.165, 1.54) is 36.3 Å². The first kappa shape index (κ1) is 116. The molecule has 0 spiro atoms. The Morgan fingerprint density at radius 3 is 0.908 bits per heavy atom. The molecule has 0 radical (unpaired) electrons. The number of rotatable bonds is 57. The summed E-state index contributed by atoms with van der Waals surface area (Å²) in [4.78, 5) is 240. The topological polar surface area (TPSA) is 880 Å². The molecule has 15 amide bonds. The molecule has 0 aromatic rings. The van der Waals surface area contributed by atoms with Crippen molar-refractivity contribution in [3.8, 4) is 0 Å². The predicted octanol–water partition coefficient (Wildman–Crippen LogP) is -8.34. The van der Waals surface area contributed by atoms with Crippen molar-refractivity contribution in [3.63, 3.8) is 0 Å². The molecular formula is C87H155N37O17. The summed E-state index contributed by atoms with van der Waals surface area (Å²) in [5.41, 5.74) is 44.9. The molecule has 0 aliphatic carbocycles. The number of nitrogens with zero attached hydrogens (tertiary/aromatic N) is 6. The van der Waals surface area contributed by atoms with E-state index in [4.69, 9.17) is 83.7 Å². The Morgan fingerprint density at radius 1 is 0.305 bits per heavy atom. The second kappa shape index (κ2) is 58.4. The summed E-state index contributed by atoms with van der Waals surface area (Å²) in [6.07, 6.45) is 4.43. The highest BCUT2D eigenvalue weighted by Gasteiger charge is 2.49. The number of nitrogens with one attached hydrogen (secondary N) is 23. The normalized spacial score (nSPS) is 20.0. The minimum absolute atomic E-state index is 0.00238. The van der Waals surface area contributed by atoms with Gasteiger partial charge >= 0.3 is 5.97 Å². The lowest BCUT2D eigenvalue weighted by atomic mass is 9.96. The van der Waals surface area contributed by atoms with Crippen LogP contribution in [0.2, 0.25) is 0 Å². The van der Waals surface area contributed by atoms with Gasteiger partial charge in [-0.3, -0.25) is 110 Å². The fourth-order valence-electron chi connectivity index (χ4n) is 18.4. The number of likely N-dealkylation sites (tertiary alicyclic amines) is 6. The van der Waals surface area contributed by atoms with Gasteiger partial charge in [-0.05, 0) is 192 Å². The maximum atomic E-state index is 15.3. The molecule has 141 heavy (non-hydrogen) atoms. The summed E-state index contributed by atoms with van der Waals surface area (Å²) in [7, 11) is 0. The van der Waals surface area contributed by atoms with Gasteiger partial charge in [0, 0.05) is 85.1 Å². The smallest absolute Gasteiger partial charge is 0.326 e. The van der Waals surface area contributed by atoms with E-state index in [2.05, 4.69) is 85.1 Å². The molecule has 6 aliphatic rings. The predicted molar refractivity (Wildman–Crippen MR) is 520 cm³/mol. The summed E-state index contributed by atoms with van der Waals surface area (Å²) < 4.78 is 0. The highest BCUT2D eigenvalue weighted by atomic mass is 16.4. The number of carboxylic acid groups (broad SMARTS) is 1. The van der Waals surface area contributed by atoms with E-state index >= 15 is 24.0 Å². The van der Waals surface area contributed by atoms with E-state index in [-0.39, 0.29) is 261 Å². The van der Waals surface area contributed by atoms with Crippen LogP contribution in [0.15, 0.2) is 0 Å². The first-order chi connectivity index (χ1) is 66.8. The third-order valence-electron chi connectivity index (χ3n) is 25.8. The molecule has 6 heterocycles. The molecule has 40 N–H and O–H groups in total. The minimum Gasteiger partial charge on any atom is -0.480 e. The van der Waals surface area contributed by atoms with Gasteiger partial charge in [0.2, 0.25) is 88.6 Å². The maximum Gasteiger partial charge on any atom is 0.326 e. The molecule has 6 saturated heterocycles.